The molecule has 26 heavy (non-hydrogen) atoms. The minimum atomic E-state index is -0.389. The van der Waals surface area contributed by atoms with Gasteiger partial charge in [-0.15, -0.1) is 0 Å². The van der Waals surface area contributed by atoms with Crippen molar-refractivity contribution in [3.63, 3.8) is 0 Å². The highest BCUT2D eigenvalue weighted by Crippen LogP contribution is 2.43. The molecule has 2 heterocycles. The molecule has 1 saturated carbocycles. The highest BCUT2D eigenvalue weighted by molar-refractivity contribution is 6.30. The van der Waals surface area contributed by atoms with E-state index in [-0.39, 0.29) is 12.6 Å². The molecule has 1 aromatic carbocycles. The zero-order valence-corrected chi connectivity index (χ0v) is 15.1. The fraction of sp³-hybridized carbons (Fsp3) is 0.238. The molecular weight excluding hydrogens is 350 g/mol. The van der Waals surface area contributed by atoms with Crippen LogP contribution < -0.4 is 0 Å². The van der Waals surface area contributed by atoms with Crippen LogP contribution in [0.5, 0.6) is 0 Å². The number of nitrogens with zero attached hydrogens (tertiary/aromatic N) is 1. The molecule has 132 valence electrons. The van der Waals surface area contributed by atoms with Crippen molar-refractivity contribution in [2.75, 3.05) is 6.61 Å². The van der Waals surface area contributed by atoms with Crippen molar-refractivity contribution in [3.8, 4) is 11.1 Å². The molecule has 0 spiro atoms. The Balaban J connectivity index is 2.00. The Labute approximate surface area is 156 Å². The Morgan fingerprint density at radius 2 is 2.00 bits per heavy atom. The van der Waals surface area contributed by atoms with E-state index in [0.717, 1.165) is 35.9 Å². The van der Waals surface area contributed by atoms with Crippen molar-refractivity contribution in [2.45, 2.75) is 25.7 Å². The molecule has 1 aliphatic carbocycles. The van der Waals surface area contributed by atoms with E-state index < -0.39 is 0 Å². The van der Waals surface area contributed by atoms with Gasteiger partial charge in [0.15, 0.2) is 6.29 Å². The number of rotatable bonds is 5. The van der Waals surface area contributed by atoms with E-state index in [0.29, 0.717) is 27.6 Å². The van der Waals surface area contributed by atoms with Gasteiger partial charge in [-0.1, -0.05) is 23.7 Å². The molecule has 0 bridgehead atoms. The van der Waals surface area contributed by atoms with Crippen LogP contribution in [-0.4, -0.2) is 23.3 Å². The van der Waals surface area contributed by atoms with E-state index >= 15 is 0 Å². The van der Waals surface area contributed by atoms with Gasteiger partial charge in [-0.05, 0) is 55.2 Å². The highest BCUT2D eigenvalue weighted by atomic mass is 35.5. The molecule has 5 heteroatoms. The second-order valence-electron chi connectivity index (χ2n) is 6.46. The molecular formula is C21H18ClNO3. The van der Waals surface area contributed by atoms with Crippen LogP contribution in [0.4, 0.5) is 0 Å². The van der Waals surface area contributed by atoms with Crippen molar-refractivity contribution in [3.05, 3.63) is 64.4 Å². The Kier molecular flexibility index (Phi) is 4.29. The number of halogens is 1. The van der Waals surface area contributed by atoms with E-state index in [9.17, 15) is 9.59 Å². The first kappa shape index (κ1) is 16.9. The molecule has 1 aliphatic rings. The van der Waals surface area contributed by atoms with E-state index in [4.69, 9.17) is 16.3 Å². The Morgan fingerprint density at radius 1 is 1.27 bits per heavy atom. The van der Waals surface area contributed by atoms with E-state index in [2.05, 4.69) is 0 Å². The molecule has 4 nitrogen and oxygen atoms in total. The summed E-state index contributed by atoms with van der Waals surface area (Å²) in [5.41, 5.74) is 4.47. The lowest BCUT2D eigenvalue weighted by Crippen LogP contribution is -2.09. The van der Waals surface area contributed by atoms with Gasteiger partial charge in [0.05, 0.1) is 17.7 Å². The van der Waals surface area contributed by atoms with Gasteiger partial charge in [0.1, 0.15) is 0 Å². The van der Waals surface area contributed by atoms with Gasteiger partial charge in [0.2, 0.25) is 0 Å². The fourth-order valence-corrected chi connectivity index (χ4v) is 3.58. The first-order valence-corrected chi connectivity index (χ1v) is 9.08. The number of pyridine rings is 1. The molecule has 0 N–H and O–H groups in total. The second-order valence-corrected chi connectivity index (χ2v) is 6.90. The summed E-state index contributed by atoms with van der Waals surface area (Å²) in [5, 5.41) is 0.634. The van der Waals surface area contributed by atoms with Gasteiger partial charge in [-0.3, -0.25) is 4.79 Å². The second kappa shape index (κ2) is 6.61. The fourth-order valence-electron chi connectivity index (χ4n) is 3.45. The van der Waals surface area contributed by atoms with Crippen molar-refractivity contribution in [2.24, 2.45) is 0 Å². The highest BCUT2D eigenvalue weighted by Gasteiger charge is 2.31. The Morgan fingerprint density at radius 3 is 2.62 bits per heavy atom. The molecule has 0 saturated heterocycles. The smallest absolute Gasteiger partial charge is 0.340 e. The molecule has 4 rings (SSSR count). The first-order chi connectivity index (χ1) is 12.6. The van der Waals surface area contributed by atoms with Crippen molar-refractivity contribution < 1.29 is 14.3 Å². The molecule has 0 radical (unpaired) electrons. The molecule has 1 fully saturated rings. The number of benzene rings is 1. The van der Waals surface area contributed by atoms with Gasteiger partial charge in [-0.2, -0.15) is 0 Å². The summed E-state index contributed by atoms with van der Waals surface area (Å²) in [4.78, 5) is 24.3. The zero-order chi connectivity index (χ0) is 18.3. The maximum atomic E-state index is 12.8. The summed E-state index contributed by atoms with van der Waals surface area (Å²) in [6, 6.07) is 11.0. The summed E-state index contributed by atoms with van der Waals surface area (Å²) in [7, 11) is 0. The minimum Gasteiger partial charge on any atom is -0.462 e. The standard InChI is InChI=1S/C21H18ClNO3/c1-2-26-21(25)19-17(13-5-7-16(22)8-6-13)9-10-23-18(19)11-15(12-24)20(23)14-3-4-14/h5-12,14H,2-4H2,1H3. The summed E-state index contributed by atoms with van der Waals surface area (Å²) in [5.74, 6) is -0.00512. The van der Waals surface area contributed by atoms with Crippen LogP contribution in [0.15, 0.2) is 42.6 Å². The van der Waals surface area contributed by atoms with Crippen LogP contribution in [0.2, 0.25) is 5.02 Å². The lowest BCUT2D eigenvalue weighted by atomic mass is 10.00. The number of fused-ring (bicyclic) bond motifs is 1. The lowest BCUT2D eigenvalue weighted by molar-refractivity contribution is 0.0529. The van der Waals surface area contributed by atoms with Crippen LogP contribution in [0.25, 0.3) is 16.6 Å². The molecule has 0 atom stereocenters. The van der Waals surface area contributed by atoms with Gasteiger partial charge in [-0.25, -0.2) is 4.79 Å². The predicted molar refractivity (Wildman–Crippen MR) is 101 cm³/mol. The first-order valence-electron chi connectivity index (χ1n) is 8.70. The van der Waals surface area contributed by atoms with Crippen molar-refractivity contribution >= 4 is 29.4 Å². The van der Waals surface area contributed by atoms with Crippen LogP contribution in [0, 0.1) is 0 Å². The maximum absolute atomic E-state index is 12.8. The quantitative estimate of drug-likeness (QED) is 0.464. The largest absolute Gasteiger partial charge is 0.462 e. The number of hydrogen-bond acceptors (Lipinski definition) is 3. The van der Waals surface area contributed by atoms with Crippen LogP contribution in [0.1, 0.15) is 52.1 Å². The summed E-state index contributed by atoms with van der Waals surface area (Å²) in [6.45, 7) is 2.07. The molecule has 3 aromatic rings. The van der Waals surface area contributed by atoms with Gasteiger partial charge in [0, 0.05) is 28.4 Å². The third-order valence-electron chi connectivity index (χ3n) is 4.75. The van der Waals surface area contributed by atoms with E-state index in [1.807, 2.05) is 28.8 Å². The number of aromatic nitrogens is 1. The van der Waals surface area contributed by atoms with Gasteiger partial charge < -0.3 is 9.14 Å². The van der Waals surface area contributed by atoms with Crippen LogP contribution >= 0.6 is 11.6 Å². The summed E-state index contributed by atoms with van der Waals surface area (Å²) >= 11 is 6.00. The Hall–Kier alpha value is -2.59. The molecule has 0 unspecified atom stereocenters. The minimum absolute atomic E-state index is 0.288. The molecule has 0 amide bonds. The zero-order valence-electron chi connectivity index (χ0n) is 14.4. The number of carbonyl (C=O) groups excluding carboxylic acids is 2. The number of esters is 1. The molecule has 0 aliphatic heterocycles. The SMILES string of the molecule is CCOC(=O)c1c(-c2ccc(Cl)cc2)ccn2c(C3CC3)c(C=O)cc12. The average Bonchev–Trinajstić information content (AvgIpc) is 3.41. The van der Waals surface area contributed by atoms with E-state index in [1.165, 1.54) is 0 Å². The van der Waals surface area contributed by atoms with Gasteiger partial charge >= 0.3 is 5.97 Å². The normalized spacial score (nSPS) is 13.8. The third kappa shape index (κ3) is 2.80. The number of ether oxygens (including phenoxy) is 1. The number of hydrogen-bond donors (Lipinski definition) is 0. The third-order valence-corrected chi connectivity index (χ3v) is 5.00. The maximum Gasteiger partial charge on any atom is 0.340 e. The lowest BCUT2D eigenvalue weighted by Gasteiger charge is -2.13. The van der Waals surface area contributed by atoms with Crippen LogP contribution in [-0.2, 0) is 4.74 Å². The number of carbonyl (C=O) groups is 2. The van der Waals surface area contributed by atoms with Gasteiger partial charge in [0.25, 0.3) is 0 Å². The van der Waals surface area contributed by atoms with Crippen molar-refractivity contribution in [1.29, 1.82) is 0 Å². The predicted octanol–water partition coefficient (Wildman–Crippen LogP) is 5.13. The topological polar surface area (TPSA) is 47.8 Å². The summed E-state index contributed by atoms with van der Waals surface area (Å²) in [6.07, 6.45) is 4.95. The monoisotopic (exact) mass is 367 g/mol. The van der Waals surface area contributed by atoms with E-state index in [1.54, 1.807) is 25.1 Å². The number of aldehydes is 1. The van der Waals surface area contributed by atoms with Crippen LogP contribution in [0.3, 0.4) is 0 Å². The average molecular weight is 368 g/mol. The summed E-state index contributed by atoms with van der Waals surface area (Å²) < 4.78 is 7.28. The molecule has 2 aromatic heterocycles. The van der Waals surface area contributed by atoms with Crippen molar-refractivity contribution in [1.82, 2.24) is 4.40 Å². The Bertz CT molecular complexity index is 1000.